The molecule has 1 amide bonds. The zero-order chi connectivity index (χ0) is 22.2. The summed E-state index contributed by atoms with van der Waals surface area (Å²) in [5.74, 6) is -0.381. The van der Waals surface area contributed by atoms with Crippen LogP contribution in [0.2, 0.25) is 0 Å². The lowest BCUT2D eigenvalue weighted by molar-refractivity contribution is -0.123. The topological polar surface area (TPSA) is 64.9 Å². The van der Waals surface area contributed by atoms with E-state index in [4.69, 9.17) is 5.26 Å². The maximum atomic E-state index is 13.9. The first-order valence-corrected chi connectivity index (χ1v) is 10.3. The summed E-state index contributed by atoms with van der Waals surface area (Å²) in [6.07, 6.45) is 1.45. The maximum absolute atomic E-state index is 13.9. The van der Waals surface area contributed by atoms with Crippen LogP contribution < -0.4 is 10.6 Å². The van der Waals surface area contributed by atoms with Gasteiger partial charge in [-0.2, -0.15) is 5.26 Å². The van der Waals surface area contributed by atoms with E-state index in [9.17, 15) is 9.18 Å². The van der Waals surface area contributed by atoms with Crippen molar-refractivity contribution in [2.24, 2.45) is 0 Å². The Labute approximate surface area is 182 Å². The van der Waals surface area contributed by atoms with Crippen molar-refractivity contribution in [3.05, 3.63) is 106 Å². The molecule has 2 N–H and O–H groups in total. The van der Waals surface area contributed by atoms with E-state index >= 15 is 0 Å². The summed E-state index contributed by atoms with van der Waals surface area (Å²) in [4.78, 5) is 12.7. The number of carbonyl (C=O) groups excluding carboxylic acids is 1. The van der Waals surface area contributed by atoms with Crippen LogP contribution in [0.3, 0.4) is 0 Å². The Morgan fingerprint density at radius 2 is 1.74 bits per heavy atom. The van der Waals surface area contributed by atoms with Gasteiger partial charge >= 0.3 is 0 Å². The summed E-state index contributed by atoms with van der Waals surface area (Å²) in [7, 11) is 1.62. The minimum absolute atomic E-state index is 0.131. The normalized spacial score (nSPS) is 12.6. The molecule has 0 fully saturated rings. The van der Waals surface area contributed by atoms with Gasteiger partial charge in [0.25, 0.3) is 0 Å². The van der Waals surface area contributed by atoms with E-state index < -0.39 is 6.04 Å². The zero-order valence-corrected chi connectivity index (χ0v) is 17.7. The van der Waals surface area contributed by atoms with E-state index in [1.165, 1.54) is 6.07 Å². The Morgan fingerprint density at radius 3 is 2.35 bits per heavy atom. The van der Waals surface area contributed by atoms with Crippen LogP contribution in [0.15, 0.2) is 72.8 Å². The van der Waals surface area contributed by atoms with Crippen molar-refractivity contribution in [3.63, 3.8) is 0 Å². The summed E-state index contributed by atoms with van der Waals surface area (Å²) in [5.41, 5.74) is 4.08. The molecule has 0 aromatic heterocycles. The Balaban J connectivity index is 1.88. The van der Waals surface area contributed by atoms with Gasteiger partial charge in [-0.25, -0.2) is 4.39 Å². The Kier molecular flexibility index (Phi) is 7.53. The highest BCUT2D eigenvalue weighted by atomic mass is 19.1. The molecule has 0 bridgehead atoms. The number of hydrogen-bond donors (Lipinski definition) is 2. The summed E-state index contributed by atoms with van der Waals surface area (Å²) in [6.45, 7) is 1.74. The molecule has 5 heteroatoms. The average molecular weight is 416 g/mol. The number of nitrogens with zero attached hydrogens (tertiary/aromatic N) is 1. The van der Waals surface area contributed by atoms with Crippen LogP contribution in [-0.4, -0.2) is 13.0 Å². The molecule has 0 aliphatic rings. The Morgan fingerprint density at radius 1 is 1.03 bits per heavy atom. The summed E-state index contributed by atoms with van der Waals surface area (Å²) in [5, 5.41) is 15.2. The fraction of sp³-hybridized carbons (Fsp3) is 0.231. The van der Waals surface area contributed by atoms with Crippen molar-refractivity contribution in [3.8, 4) is 6.07 Å². The highest BCUT2D eigenvalue weighted by Gasteiger charge is 2.24. The molecule has 0 saturated heterocycles. The zero-order valence-electron chi connectivity index (χ0n) is 17.7. The first kappa shape index (κ1) is 22.2. The number of hydrogen-bond acceptors (Lipinski definition) is 3. The van der Waals surface area contributed by atoms with Gasteiger partial charge in [-0.15, -0.1) is 0 Å². The van der Waals surface area contributed by atoms with Crippen LogP contribution in [0.5, 0.6) is 0 Å². The molecule has 0 aliphatic carbocycles. The van der Waals surface area contributed by atoms with Gasteiger partial charge in [0, 0.05) is 13.1 Å². The molecule has 2 unspecified atom stereocenters. The number of likely N-dealkylation sites (N-methyl/N-ethyl adjacent to an activating group) is 1. The van der Waals surface area contributed by atoms with Gasteiger partial charge in [0.15, 0.2) is 0 Å². The van der Waals surface area contributed by atoms with Gasteiger partial charge in [-0.3, -0.25) is 10.1 Å². The molecule has 3 aromatic carbocycles. The van der Waals surface area contributed by atoms with Gasteiger partial charge in [0.05, 0.1) is 11.6 Å². The predicted octanol–water partition coefficient (Wildman–Crippen LogP) is 4.76. The highest BCUT2D eigenvalue weighted by Crippen LogP contribution is 2.26. The first-order valence-electron chi connectivity index (χ1n) is 10.3. The van der Waals surface area contributed by atoms with E-state index in [1.807, 2.05) is 48.5 Å². The second kappa shape index (κ2) is 10.5. The lowest BCUT2D eigenvalue weighted by Crippen LogP contribution is -2.38. The van der Waals surface area contributed by atoms with Crippen LogP contribution in [-0.2, 0) is 11.2 Å². The van der Waals surface area contributed by atoms with Gasteiger partial charge < -0.3 is 5.32 Å². The molecule has 0 spiro atoms. The Hall–Kier alpha value is -3.49. The van der Waals surface area contributed by atoms with Crippen molar-refractivity contribution < 1.29 is 9.18 Å². The van der Waals surface area contributed by atoms with Gasteiger partial charge in [0.2, 0.25) is 5.91 Å². The minimum atomic E-state index is -0.539. The van der Waals surface area contributed by atoms with E-state index in [2.05, 4.69) is 16.7 Å². The molecule has 0 aliphatic heterocycles. The van der Waals surface area contributed by atoms with Crippen molar-refractivity contribution in [2.45, 2.75) is 31.8 Å². The number of amides is 1. The van der Waals surface area contributed by atoms with Crippen molar-refractivity contribution >= 4 is 5.91 Å². The minimum Gasteiger partial charge on any atom is -0.358 e. The largest absolute Gasteiger partial charge is 0.358 e. The maximum Gasteiger partial charge on any atom is 0.241 e. The first-order chi connectivity index (χ1) is 15.0. The Bertz CT molecular complexity index is 1060. The molecule has 3 aromatic rings. The van der Waals surface area contributed by atoms with Crippen molar-refractivity contribution in [2.75, 3.05) is 7.05 Å². The van der Waals surface area contributed by atoms with Crippen LogP contribution in [0.4, 0.5) is 4.39 Å². The molecule has 3 rings (SSSR count). The molecule has 2 atom stereocenters. The summed E-state index contributed by atoms with van der Waals surface area (Å²) in [6, 6.07) is 23.5. The van der Waals surface area contributed by atoms with E-state index in [0.29, 0.717) is 17.5 Å². The van der Waals surface area contributed by atoms with E-state index in [-0.39, 0.29) is 17.8 Å². The number of halogens is 1. The lowest BCUT2D eigenvalue weighted by Gasteiger charge is -2.26. The fourth-order valence-corrected chi connectivity index (χ4v) is 3.60. The predicted molar refractivity (Wildman–Crippen MR) is 120 cm³/mol. The van der Waals surface area contributed by atoms with Gasteiger partial charge in [0.1, 0.15) is 11.9 Å². The molecule has 0 heterocycles. The lowest BCUT2D eigenvalue weighted by atomic mass is 9.95. The third-order valence-corrected chi connectivity index (χ3v) is 5.40. The molecule has 4 nitrogen and oxygen atoms in total. The van der Waals surface area contributed by atoms with Crippen LogP contribution in [0.1, 0.15) is 46.3 Å². The number of carbonyl (C=O) groups is 1. The number of nitrogens with one attached hydrogen (secondary N) is 2. The van der Waals surface area contributed by atoms with Gasteiger partial charge in [-0.05, 0) is 60.2 Å². The summed E-state index contributed by atoms with van der Waals surface area (Å²) < 4.78 is 13.9. The third kappa shape index (κ3) is 5.78. The smallest absolute Gasteiger partial charge is 0.241 e. The molecular formula is C26H26FN3O. The molecular weight excluding hydrogens is 389 g/mol. The highest BCUT2D eigenvalue weighted by molar-refractivity contribution is 5.83. The summed E-state index contributed by atoms with van der Waals surface area (Å²) >= 11 is 0. The number of nitriles is 1. The van der Waals surface area contributed by atoms with Crippen molar-refractivity contribution in [1.29, 1.82) is 5.26 Å². The monoisotopic (exact) mass is 415 g/mol. The SMILES string of the molecule is CNC(=O)C(NC(CCc1ccc(C#N)cc1)c1ccc(F)c(C)c1)c1ccccc1. The fourth-order valence-electron chi connectivity index (χ4n) is 3.60. The van der Waals surface area contributed by atoms with Crippen molar-refractivity contribution in [1.82, 2.24) is 10.6 Å². The standard InChI is InChI=1S/C26H26FN3O/c1-18-16-22(13-14-23(18)27)24(15-12-19-8-10-20(17-28)11-9-19)30-25(26(31)29-2)21-6-4-3-5-7-21/h3-11,13-14,16,24-25,30H,12,15H2,1-2H3,(H,29,31). The molecule has 0 saturated carbocycles. The molecule has 31 heavy (non-hydrogen) atoms. The van der Waals surface area contributed by atoms with Crippen LogP contribution in [0.25, 0.3) is 0 Å². The second-order valence-corrected chi connectivity index (χ2v) is 7.53. The second-order valence-electron chi connectivity index (χ2n) is 7.53. The molecule has 0 radical (unpaired) electrons. The third-order valence-electron chi connectivity index (χ3n) is 5.40. The molecule has 158 valence electrons. The number of rotatable bonds is 8. The van der Waals surface area contributed by atoms with Gasteiger partial charge in [-0.1, -0.05) is 54.6 Å². The van der Waals surface area contributed by atoms with E-state index in [1.54, 1.807) is 32.2 Å². The average Bonchev–Trinajstić information content (AvgIpc) is 2.81. The number of benzene rings is 3. The quantitative estimate of drug-likeness (QED) is 0.558. The van der Waals surface area contributed by atoms with Crippen LogP contribution >= 0.6 is 0 Å². The van der Waals surface area contributed by atoms with E-state index in [0.717, 1.165) is 23.1 Å². The van der Waals surface area contributed by atoms with Crippen LogP contribution in [0, 0.1) is 24.1 Å². The number of aryl methyl sites for hydroxylation is 2.